The van der Waals surface area contributed by atoms with Crippen LogP contribution in [-0.2, 0) is 11.3 Å². The summed E-state index contributed by atoms with van der Waals surface area (Å²) in [6, 6.07) is 3.65. The van der Waals surface area contributed by atoms with Crippen molar-refractivity contribution in [3.63, 3.8) is 0 Å². The third-order valence-corrected chi connectivity index (χ3v) is 3.06. The van der Waals surface area contributed by atoms with E-state index in [4.69, 9.17) is 16.7 Å². The first kappa shape index (κ1) is 15.0. The number of carboxylic acids is 1. The molecule has 0 fully saturated rings. The molecule has 0 radical (unpaired) electrons. The maximum Gasteiger partial charge on any atom is 0.358 e. The standard InChI is InChI=1S/C13H13ClN4O3/c1-7-3-8(2)12(9(14)4-7)15-11(19)6-18-5-10(13(20)21)16-17-18/h3-5H,6H2,1-2H3,(H,15,19)(H,20,21). The first-order valence-electron chi connectivity index (χ1n) is 6.07. The molecule has 0 spiro atoms. The summed E-state index contributed by atoms with van der Waals surface area (Å²) in [6.45, 7) is 3.60. The SMILES string of the molecule is Cc1cc(C)c(NC(=O)Cn2cc(C(=O)O)nn2)c(Cl)c1. The molecule has 0 bridgehead atoms. The minimum atomic E-state index is -1.20. The number of hydrogen-bond acceptors (Lipinski definition) is 4. The van der Waals surface area contributed by atoms with Crippen LogP contribution >= 0.6 is 11.6 Å². The molecule has 1 heterocycles. The summed E-state index contributed by atoms with van der Waals surface area (Å²) < 4.78 is 1.15. The molecule has 0 atom stereocenters. The molecule has 0 saturated carbocycles. The molecule has 0 aliphatic heterocycles. The van der Waals surface area contributed by atoms with Gasteiger partial charge < -0.3 is 10.4 Å². The van der Waals surface area contributed by atoms with E-state index < -0.39 is 5.97 Å². The minimum Gasteiger partial charge on any atom is -0.476 e. The van der Waals surface area contributed by atoms with Crippen molar-refractivity contribution in [2.45, 2.75) is 20.4 Å². The summed E-state index contributed by atoms with van der Waals surface area (Å²) in [5, 5.41) is 18.9. The monoisotopic (exact) mass is 308 g/mol. The van der Waals surface area contributed by atoms with Crippen LogP contribution in [0, 0.1) is 13.8 Å². The van der Waals surface area contributed by atoms with E-state index in [9.17, 15) is 9.59 Å². The Bertz CT molecular complexity index is 688. The lowest BCUT2D eigenvalue weighted by Gasteiger charge is -2.11. The van der Waals surface area contributed by atoms with Crippen molar-refractivity contribution in [1.82, 2.24) is 15.0 Å². The van der Waals surface area contributed by atoms with Crippen LogP contribution in [0.4, 0.5) is 5.69 Å². The zero-order valence-electron chi connectivity index (χ0n) is 11.4. The van der Waals surface area contributed by atoms with E-state index in [-0.39, 0.29) is 18.1 Å². The van der Waals surface area contributed by atoms with Crippen LogP contribution in [-0.4, -0.2) is 32.0 Å². The lowest BCUT2D eigenvalue weighted by atomic mass is 10.1. The molecule has 0 aliphatic carbocycles. The summed E-state index contributed by atoms with van der Waals surface area (Å²) in [6.07, 6.45) is 1.19. The molecule has 110 valence electrons. The molecule has 2 rings (SSSR count). The number of nitrogens with zero attached hydrogens (tertiary/aromatic N) is 3. The lowest BCUT2D eigenvalue weighted by Crippen LogP contribution is -2.20. The van der Waals surface area contributed by atoms with E-state index >= 15 is 0 Å². The highest BCUT2D eigenvalue weighted by atomic mass is 35.5. The van der Waals surface area contributed by atoms with Crippen molar-refractivity contribution >= 4 is 29.2 Å². The minimum absolute atomic E-state index is 0.149. The van der Waals surface area contributed by atoms with Gasteiger partial charge in [0.2, 0.25) is 5.91 Å². The van der Waals surface area contributed by atoms with E-state index in [1.165, 1.54) is 6.20 Å². The predicted molar refractivity (Wildman–Crippen MR) is 76.5 cm³/mol. The summed E-state index contributed by atoms with van der Waals surface area (Å²) in [4.78, 5) is 22.6. The van der Waals surface area contributed by atoms with Gasteiger partial charge in [-0.3, -0.25) is 4.79 Å². The van der Waals surface area contributed by atoms with Crippen molar-refractivity contribution in [2.24, 2.45) is 0 Å². The molecule has 21 heavy (non-hydrogen) atoms. The van der Waals surface area contributed by atoms with Crippen LogP contribution in [0.3, 0.4) is 0 Å². The Hall–Kier alpha value is -2.41. The second-order valence-corrected chi connectivity index (χ2v) is 5.00. The fourth-order valence-corrected chi connectivity index (χ4v) is 2.24. The molecule has 1 amide bonds. The number of aromatic nitrogens is 3. The lowest BCUT2D eigenvalue weighted by molar-refractivity contribution is -0.116. The first-order chi connectivity index (χ1) is 9.86. The van der Waals surface area contributed by atoms with Gasteiger partial charge in [0.05, 0.1) is 16.9 Å². The number of amides is 1. The number of aromatic carboxylic acids is 1. The van der Waals surface area contributed by atoms with E-state index in [1.54, 1.807) is 6.07 Å². The molecular formula is C13H13ClN4O3. The Kier molecular flexibility index (Phi) is 4.23. The van der Waals surface area contributed by atoms with Gasteiger partial charge in [-0.25, -0.2) is 9.48 Å². The second-order valence-electron chi connectivity index (χ2n) is 4.59. The van der Waals surface area contributed by atoms with Crippen molar-refractivity contribution in [3.8, 4) is 0 Å². The molecular weight excluding hydrogens is 296 g/mol. The topological polar surface area (TPSA) is 97.1 Å². The van der Waals surface area contributed by atoms with Gasteiger partial charge in [0.25, 0.3) is 0 Å². The highest BCUT2D eigenvalue weighted by molar-refractivity contribution is 6.34. The third-order valence-electron chi connectivity index (χ3n) is 2.76. The quantitative estimate of drug-likeness (QED) is 0.899. The van der Waals surface area contributed by atoms with Gasteiger partial charge in [0, 0.05) is 0 Å². The number of nitrogens with one attached hydrogen (secondary N) is 1. The molecule has 8 heteroatoms. The summed E-state index contributed by atoms with van der Waals surface area (Å²) in [5.74, 6) is -1.57. The van der Waals surface area contributed by atoms with Crippen molar-refractivity contribution in [1.29, 1.82) is 0 Å². The van der Waals surface area contributed by atoms with Crippen LogP contribution in [0.2, 0.25) is 5.02 Å². The van der Waals surface area contributed by atoms with Crippen molar-refractivity contribution in [2.75, 3.05) is 5.32 Å². The van der Waals surface area contributed by atoms with Crippen molar-refractivity contribution < 1.29 is 14.7 Å². The van der Waals surface area contributed by atoms with Crippen LogP contribution in [0.5, 0.6) is 0 Å². The van der Waals surface area contributed by atoms with Gasteiger partial charge in [-0.2, -0.15) is 0 Å². The zero-order valence-corrected chi connectivity index (χ0v) is 12.2. The average molecular weight is 309 g/mol. The molecule has 1 aromatic heterocycles. The molecule has 7 nitrogen and oxygen atoms in total. The van der Waals surface area contributed by atoms with Crippen molar-refractivity contribution in [3.05, 3.63) is 40.2 Å². The summed E-state index contributed by atoms with van der Waals surface area (Å²) in [7, 11) is 0. The zero-order chi connectivity index (χ0) is 15.6. The Balaban J connectivity index is 2.10. The Morgan fingerprint density at radius 3 is 2.67 bits per heavy atom. The summed E-state index contributed by atoms with van der Waals surface area (Å²) >= 11 is 6.10. The first-order valence-corrected chi connectivity index (χ1v) is 6.44. The largest absolute Gasteiger partial charge is 0.476 e. The van der Waals surface area contributed by atoms with Gasteiger partial charge in [-0.15, -0.1) is 5.10 Å². The predicted octanol–water partition coefficient (Wildman–Crippen LogP) is 1.89. The third kappa shape index (κ3) is 3.57. The van der Waals surface area contributed by atoms with E-state index in [1.807, 2.05) is 19.9 Å². The van der Waals surface area contributed by atoms with E-state index in [0.717, 1.165) is 15.8 Å². The number of aryl methyl sites for hydroxylation is 2. The summed E-state index contributed by atoms with van der Waals surface area (Å²) in [5.41, 5.74) is 2.16. The number of carbonyl (C=O) groups excluding carboxylic acids is 1. The average Bonchev–Trinajstić information content (AvgIpc) is 2.82. The molecule has 1 aromatic carbocycles. The second kappa shape index (κ2) is 5.92. The van der Waals surface area contributed by atoms with Crippen LogP contribution in [0.15, 0.2) is 18.3 Å². The maximum absolute atomic E-state index is 11.9. The van der Waals surface area contributed by atoms with Crippen LogP contribution in [0.25, 0.3) is 0 Å². The van der Waals surface area contributed by atoms with Crippen LogP contribution < -0.4 is 5.32 Å². The highest BCUT2D eigenvalue weighted by Gasteiger charge is 2.13. The number of halogens is 1. The van der Waals surface area contributed by atoms with Gasteiger partial charge in [-0.1, -0.05) is 22.9 Å². The Labute approximate surface area is 125 Å². The maximum atomic E-state index is 11.9. The van der Waals surface area contributed by atoms with Gasteiger partial charge in [0.15, 0.2) is 5.69 Å². The number of rotatable bonds is 4. The normalized spacial score (nSPS) is 10.4. The highest BCUT2D eigenvalue weighted by Crippen LogP contribution is 2.27. The van der Waals surface area contributed by atoms with Gasteiger partial charge >= 0.3 is 5.97 Å². The number of benzene rings is 1. The Morgan fingerprint density at radius 2 is 2.10 bits per heavy atom. The van der Waals surface area contributed by atoms with Crippen LogP contribution in [0.1, 0.15) is 21.6 Å². The number of anilines is 1. The molecule has 2 N–H and O–H groups in total. The molecule has 0 saturated heterocycles. The van der Waals surface area contributed by atoms with E-state index in [0.29, 0.717) is 10.7 Å². The number of carboxylic acid groups (broad SMARTS) is 1. The van der Waals surface area contributed by atoms with Gasteiger partial charge in [-0.05, 0) is 31.0 Å². The smallest absolute Gasteiger partial charge is 0.358 e. The molecule has 0 unspecified atom stereocenters. The van der Waals surface area contributed by atoms with E-state index in [2.05, 4.69) is 15.6 Å². The number of hydrogen-bond donors (Lipinski definition) is 2. The fourth-order valence-electron chi connectivity index (χ4n) is 1.87. The molecule has 2 aromatic rings. The Morgan fingerprint density at radius 1 is 1.38 bits per heavy atom. The molecule has 0 aliphatic rings. The van der Waals surface area contributed by atoms with Gasteiger partial charge in [0.1, 0.15) is 6.54 Å². The number of carbonyl (C=O) groups is 2. The fraction of sp³-hybridized carbons (Fsp3) is 0.231.